The Labute approximate surface area is 153 Å². The van der Waals surface area contributed by atoms with E-state index < -0.39 is 29.0 Å². The molecule has 0 bridgehead atoms. The van der Waals surface area contributed by atoms with Crippen LogP contribution in [0.2, 0.25) is 0 Å². The summed E-state index contributed by atoms with van der Waals surface area (Å²) >= 11 is -1.46. The van der Waals surface area contributed by atoms with Crippen LogP contribution in [0.25, 0.3) is 0 Å². The van der Waals surface area contributed by atoms with E-state index in [1.165, 1.54) is 0 Å². The second-order valence-corrected chi connectivity index (χ2v) is 6.44. The highest BCUT2D eigenvalue weighted by atomic mass is 32.2. The molecular formula is C14H9N5O5S2. The van der Waals surface area contributed by atoms with Gasteiger partial charge in [0.1, 0.15) is 0 Å². The van der Waals surface area contributed by atoms with Crippen molar-refractivity contribution in [3.05, 3.63) is 35.4 Å². The highest BCUT2D eigenvalue weighted by molar-refractivity contribution is 7.80. The third-order valence-electron chi connectivity index (χ3n) is 3.14. The fourth-order valence-corrected chi connectivity index (χ4v) is 3.16. The fourth-order valence-electron chi connectivity index (χ4n) is 2.10. The maximum Gasteiger partial charge on any atom is 0.302 e. The van der Waals surface area contributed by atoms with Gasteiger partial charge in [-0.05, 0) is 18.1 Å². The van der Waals surface area contributed by atoms with Gasteiger partial charge in [0.15, 0.2) is 0 Å². The Balaban J connectivity index is 1.59. The highest BCUT2D eigenvalue weighted by Crippen LogP contribution is 2.22. The van der Waals surface area contributed by atoms with E-state index in [2.05, 4.69) is 32.1 Å². The monoisotopic (exact) mass is 391 g/mol. The molecule has 0 saturated carbocycles. The molecule has 0 spiro atoms. The van der Waals surface area contributed by atoms with Crippen LogP contribution in [-0.4, -0.2) is 48.1 Å². The number of carbonyl (C=O) groups excluding carboxylic acids is 3. The summed E-state index contributed by atoms with van der Waals surface area (Å²) in [5.41, 5.74) is 0.609. The zero-order valence-electron chi connectivity index (χ0n) is 12.8. The van der Waals surface area contributed by atoms with Crippen LogP contribution in [0.3, 0.4) is 0 Å². The number of nitrogens with zero attached hydrogens (tertiary/aromatic N) is 3. The van der Waals surface area contributed by atoms with E-state index in [1.807, 2.05) is 0 Å². The molecule has 26 heavy (non-hydrogen) atoms. The van der Waals surface area contributed by atoms with Crippen molar-refractivity contribution in [1.82, 2.24) is 15.1 Å². The summed E-state index contributed by atoms with van der Waals surface area (Å²) in [5.74, 6) is 3.05. The van der Waals surface area contributed by atoms with Gasteiger partial charge in [-0.1, -0.05) is 29.4 Å². The molecular weight excluding hydrogens is 382 g/mol. The van der Waals surface area contributed by atoms with Crippen molar-refractivity contribution in [1.29, 1.82) is 0 Å². The first kappa shape index (κ1) is 17.7. The number of carbonyl (C=O) groups is 3. The van der Waals surface area contributed by atoms with Gasteiger partial charge in [-0.15, -0.1) is 10.2 Å². The lowest BCUT2D eigenvalue weighted by atomic mass is 10.1. The Morgan fingerprint density at radius 3 is 2.42 bits per heavy atom. The SMILES string of the molecule is O=C(C#CCN1C(=O)c2ccccc2C1=O)Nc1nnc(NS(=O)O)s1. The van der Waals surface area contributed by atoms with E-state index in [4.69, 9.17) is 4.55 Å². The average molecular weight is 391 g/mol. The summed E-state index contributed by atoms with van der Waals surface area (Å²) in [7, 11) is 0. The molecule has 0 aliphatic carbocycles. The minimum absolute atomic E-state index is 0.0418. The van der Waals surface area contributed by atoms with Crippen LogP contribution in [-0.2, 0) is 16.1 Å². The molecule has 12 heteroatoms. The van der Waals surface area contributed by atoms with Crippen molar-refractivity contribution in [2.45, 2.75) is 0 Å². The largest absolute Gasteiger partial charge is 0.302 e. The van der Waals surface area contributed by atoms with Gasteiger partial charge in [0.2, 0.25) is 10.3 Å². The predicted molar refractivity (Wildman–Crippen MR) is 92.5 cm³/mol. The number of imide groups is 1. The zero-order chi connectivity index (χ0) is 18.7. The molecule has 1 aromatic heterocycles. The predicted octanol–water partition coefficient (Wildman–Crippen LogP) is 0.325. The molecule has 3 amide bonds. The van der Waals surface area contributed by atoms with Crippen molar-refractivity contribution in [2.24, 2.45) is 0 Å². The minimum atomic E-state index is -2.30. The molecule has 10 nitrogen and oxygen atoms in total. The van der Waals surface area contributed by atoms with Crippen molar-refractivity contribution in [3.63, 3.8) is 0 Å². The number of hydrogen-bond donors (Lipinski definition) is 3. The van der Waals surface area contributed by atoms with E-state index in [1.54, 1.807) is 24.3 Å². The third-order valence-corrected chi connectivity index (χ3v) is 4.39. The number of amides is 3. The fraction of sp³-hybridized carbons (Fsp3) is 0.0714. The Hall–Kier alpha value is -3.14. The number of hydrogen-bond acceptors (Lipinski definition) is 7. The number of benzene rings is 1. The molecule has 1 unspecified atom stereocenters. The maximum absolute atomic E-state index is 12.1. The molecule has 0 saturated heterocycles. The third kappa shape index (κ3) is 3.75. The minimum Gasteiger partial charge on any atom is -0.289 e. The topological polar surface area (TPSA) is 142 Å². The van der Waals surface area contributed by atoms with Crippen molar-refractivity contribution < 1.29 is 23.1 Å². The first-order valence-corrected chi connectivity index (χ1v) is 8.84. The van der Waals surface area contributed by atoms with Gasteiger partial charge >= 0.3 is 5.91 Å². The van der Waals surface area contributed by atoms with Crippen LogP contribution >= 0.6 is 11.3 Å². The number of aromatic nitrogens is 2. The van der Waals surface area contributed by atoms with Crippen LogP contribution in [0.15, 0.2) is 24.3 Å². The second kappa shape index (κ2) is 7.40. The summed E-state index contributed by atoms with van der Waals surface area (Å²) in [5, 5.41) is 9.56. The number of anilines is 2. The summed E-state index contributed by atoms with van der Waals surface area (Å²) in [6, 6.07) is 6.42. The first-order chi connectivity index (χ1) is 12.5. The highest BCUT2D eigenvalue weighted by Gasteiger charge is 2.34. The Morgan fingerprint density at radius 1 is 1.19 bits per heavy atom. The number of rotatable bonds is 4. The van der Waals surface area contributed by atoms with Crippen molar-refractivity contribution in [2.75, 3.05) is 16.6 Å². The van der Waals surface area contributed by atoms with Gasteiger partial charge in [0, 0.05) is 0 Å². The van der Waals surface area contributed by atoms with Crippen LogP contribution in [0.5, 0.6) is 0 Å². The van der Waals surface area contributed by atoms with E-state index in [0.29, 0.717) is 11.1 Å². The molecule has 3 rings (SSSR count). The molecule has 3 N–H and O–H groups in total. The molecule has 1 aliphatic rings. The van der Waals surface area contributed by atoms with E-state index in [-0.39, 0.29) is 16.8 Å². The average Bonchev–Trinajstić information content (AvgIpc) is 3.12. The lowest BCUT2D eigenvalue weighted by Gasteiger charge is -2.08. The molecule has 1 aromatic carbocycles. The Kier molecular flexibility index (Phi) is 5.03. The lowest BCUT2D eigenvalue weighted by Crippen LogP contribution is -2.30. The summed E-state index contributed by atoms with van der Waals surface area (Å²) in [6.45, 7) is -0.230. The molecule has 132 valence electrons. The summed E-state index contributed by atoms with van der Waals surface area (Å²) < 4.78 is 21.3. The van der Waals surface area contributed by atoms with Gasteiger partial charge in [-0.3, -0.25) is 33.9 Å². The smallest absolute Gasteiger partial charge is 0.289 e. The summed E-state index contributed by atoms with van der Waals surface area (Å²) in [6.07, 6.45) is 0. The van der Waals surface area contributed by atoms with Crippen LogP contribution < -0.4 is 10.0 Å². The summed E-state index contributed by atoms with van der Waals surface area (Å²) in [4.78, 5) is 37.0. The van der Waals surface area contributed by atoms with Crippen LogP contribution in [0, 0.1) is 11.8 Å². The van der Waals surface area contributed by atoms with Gasteiger partial charge < -0.3 is 0 Å². The number of nitrogens with one attached hydrogen (secondary N) is 2. The van der Waals surface area contributed by atoms with Crippen molar-refractivity contribution >= 4 is 50.6 Å². The molecule has 1 atom stereocenters. The van der Waals surface area contributed by atoms with E-state index in [0.717, 1.165) is 16.2 Å². The van der Waals surface area contributed by atoms with E-state index >= 15 is 0 Å². The molecule has 2 aromatic rings. The Morgan fingerprint density at radius 2 is 1.81 bits per heavy atom. The van der Waals surface area contributed by atoms with Gasteiger partial charge in [0.25, 0.3) is 23.1 Å². The first-order valence-electron chi connectivity index (χ1n) is 6.92. The van der Waals surface area contributed by atoms with Crippen LogP contribution in [0.1, 0.15) is 20.7 Å². The van der Waals surface area contributed by atoms with Gasteiger partial charge in [-0.25, -0.2) is 4.21 Å². The van der Waals surface area contributed by atoms with Gasteiger partial charge in [0.05, 0.1) is 17.7 Å². The molecule has 2 heterocycles. The lowest BCUT2D eigenvalue weighted by molar-refractivity contribution is -0.111. The second-order valence-electron chi connectivity index (χ2n) is 4.76. The standard InChI is InChI=1S/C14H9N5O5S2/c20-10(15-13-16-17-14(25-13)18-26(23)24)6-3-7-19-11(21)8-4-1-2-5-9(8)12(19)22/h1-2,4-5H,7H2,(H,17,18)(H,23,24)(H,15,16,20). The van der Waals surface area contributed by atoms with Crippen LogP contribution in [0.4, 0.5) is 10.3 Å². The quantitative estimate of drug-likeness (QED) is 0.387. The molecule has 1 aliphatic heterocycles. The Bertz CT molecular complexity index is 958. The molecule has 0 fully saturated rings. The van der Waals surface area contributed by atoms with E-state index in [9.17, 15) is 18.6 Å². The zero-order valence-corrected chi connectivity index (χ0v) is 14.4. The number of fused-ring (bicyclic) bond motifs is 1. The van der Waals surface area contributed by atoms with Gasteiger partial charge in [-0.2, -0.15) is 0 Å². The maximum atomic E-state index is 12.1. The molecule has 0 radical (unpaired) electrons. The van der Waals surface area contributed by atoms with Crippen molar-refractivity contribution in [3.8, 4) is 11.8 Å². The normalized spacial score (nSPS) is 13.7.